The summed E-state index contributed by atoms with van der Waals surface area (Å²) in [6, 6.07) is 10.4. The predicted octanol–water partition coefficient (Wildman–Crippen LogP) is 3.61. The Balaban J connectivity index is 1.91. The van der Waals surface area contributed by atoms with Crippen LogP contribution in [0.3, 0.4) is 0 Å². The molecule has 0 amide bonds. The lowest BCUT2D eigenvalue weighted by Crippen LogP contribution is -2.09. The van der Waals surface area contributed by atoms with Crippen LogP contribution in [0.25, 0.3) is 0 Å². The first-order chi connectivity index (χ1) is 11.1. The van der Waals surface area contributed by atoms with Crippen molar-refractivity contribution >= 4 is 17.7 Å². The molecule has 7 nitrogen and oxygen atoms in total. The Morgan fingerprint density at radius 3 is 2.65 bits per heavy atom. The summed E-state index contributed by atoms with van der Waals surface area (Å²) in [6.07, 6.45) is 3.95. The quantitative estimate of drug-likeness (QED) is 0.479. The van der Waals surface area contributed by atoms with E-state index >= 15 is 0 Å². The molecule has 1 heterocycles. The molecule has 7 heteroatoms. The van der Waals surface area contributed by atoms with E-state index in [4.69, 9.17) is 4.74 Å². The zero-order chi connectivity index (χ0) is 16.7. The lowest BCUT2D eigenvalue weighted by Gasteiger charge is -2.12. The first-order valence-electron chi connectivity index (χ1n) is 7.24. The molecule has 0 unspecified atom stereocenters. The van der Waals surface area contributed by atoms with E-state index in [1.807, 2.05) is 31.2 Å². The van der Waals surface area contributed by atoms with Gasteiger partial charge in [-0.2, -0.15) is 5.10 Å². The Kier molecular flexibility index (Phi) is 5.62. The van der Waals surface area contributed by atoms with E-state index in [-0.39, 0.29) is 11.8 Å². The number of anilines is 1. The number of benzene rings is 1. The van der Waals surface area contributed by atoms with E-state index in [9.17, 15) is 10.1 Å². The van der Waals surface area contributed by atoms with Crippen molar-refractivity contribution in [1.82, 2.24) is 4.98 Å². The molecular formula is C16H18N4O3. The molecule has 0 fully saturated rings. The van der Waals surface area contributed by atoms with Gasteiger partial charge in [-0.25, -0.2) is 4.98 Å². The smallest absolute Gasteiger partial charge is 0.287 e. The van der Waals surface area contributed by atoms with Crippen molar-refractivity contribution in [2.45, 2.75) is 26.4 Å². The molecule has 1 atom stereocenters. The van der Waals surface area contributed by atoms with Crippen LogP contribution in [0.15, 0.2) is 47.7 Å². The maximum atomic E-state index is 10.5. The van der Waals surface area contributed by atoms with Crippen LogP contribution in [-0.2, 0) is 0 Å². The largest absolute Gasteiger partial charge is 0.491 e. The van der Waals surface area contributed by atoms with Crippen molar-refractivity contribution in [3.8, 4) is 5.75 Å². The Morgan fingerprint density at radius 1 is 1.35 bits per heavy atom. The molecule has 23 heavy (non-hydrogen) atoms. The molecular weight excluding hydrogens is 296 g/mol. The highest BCUT2D eigenvalue weighted by Gasteiger charge is 2.04. The van der Waals surface area contributed by atoms with Gasteiger partial charge >= 0.3 is 0 Å². The SMILES string of the molecule is CC[C@H](C)Oc1ccc(C=NNc2ccc([N+](=O)[O-])cn2)cc1. The van der Waals surface area contributed by atoms with E-state index in [0.29, 0.717) is 5.82 Å². The molecule has 1 N–H and O–H groups in total. The Hall–Kier alpha value is -2.96. The van der Waals surface area contributed by atoms with Gasteiger partial charge in [0.1, 0.15) is 17.8 Å². The van der Waals surface area contributed by atoms with Crippen molar-refractivity contribution in [2.75, 3.05) is 5.43 Å². The molecule has 0 aliphatic rings. The van der Waals surface area contributed by atoms with Crippen molar-refractivity contribution in [2.24, 2.45) is 5.10 Å². The summed E-state index contributed by atoms with van der Waals surface area (Å²) >= 11 is 0. The average Bonchev–Trinajstić information content (AvgIpc) is 2.57. The second-order valence-electron chi connectivity index (χ2n) is 4.93. The highest BCUT2D eigenvalue weighted by molar-refractivity contribution is 5.80. The van der Waals surface area contributed by atoms with Crippen LogP contribution in [0.1, 0.15) is 25.8 Å². The van der Waals surface area contributed by atoms with E-state index < -0.39 is 4.92 Å². The Labute approximate surface area is 134 Å². The number of hydrazone groups is 1. The number of pyridine rings is 1. The second kappa shape index (κ2) is 7.88. The van der Waals surface area contributed by atoms with Gasteiger partial charge in [0.2, 0.25) is 0 Å². The molecule has 0 spiro atoms. The third-order valence-electron chi connectivity index (χ3n) is 3.14. The molecule has 1 aromatic carbocycles. The summed E-state index contributed by atoms with van der Waals surface area (Å²) in [5.41, 5.74) is 3.56. The van der Waals surface area contributed by atoms with Crippen molar-refractivity contribution in [3.63, 3.8) is 0 Å². The minimum absolute atomic E-state index is 0.0589. The lowest BCUT2D eigenvalue weighted by atomic mass is 10.2. The van der Waals surface area contributed by atoms with Gasteiger partial charge in [-0.05, 0) is 49.2 Å². The van der Waals surface area contributed by atoms with Gasteiger partial charge in [0.05, 0.1) is 17.2 Å². The molecule has 0 radical (unpaired) electrons. The van der Waals surface area contributed by atoms with Gasteiger partial charge in [0.15, 0.2) is 0 Å². The van der Waals surface area contributed by atoms with E-state index in [1.54, 1.807) is 6.21 Å². The number of rotatable bonds is 7. The Bertz CT molecular complexity index is 669. The minimum atomic E-state index is -0.497. The van der Waals surface area contributed by atoms with Gasteiger partial charge in [-0.3, -0.25) is 15.5 Å². The standard InChI is InChI=1S/C16H18N4O3/c1-3-12(2)23-15-7-4-13(5-8-15)10-18-19-16-9-6-14(11-17-16)20(21)22/h4-12H,3H2,1-2H3,(H,17,19)/t12-/m0/s1. The fraction of sp³-hybridized carbons (Fsp3) is 0.250. The topological polar surface area (TPSA) is 89.6 Å². The summed E-state index contributed by atoms with van der Waals surface area (Å²) in [5, 5.41) is 14.6. The number of aromatic nitrogens is 1. The zero-order valence-electron chi connectivity index (χ0n) is 13.0. The van der Waals surface area contributed by atoms with Gasteiger partial charge in [0.25, 0.3) is 5.69 Å². The van der Waals surface area contributed by atoms with Crippen LogP contribution in [0, 0.1) is 10.1 Å². The molecule has 1 aromatic heterocycles. The summed E-state index contributed by atoms with van der Waals surface area (Å²) in [6.45, 7) is 4.10. The molecule has 0 aliphatic carbocycles. The third-order valence-corrected chi connectivity index (χ3v) is 3.14. The molecule has 2 aromatic rings. The summed E-state index contributed by atoms with van der Waals surface area (Å²) in [4.78, 5) is 13.9. The maximum absolute atomic E-state index is 10.5. The molecule has 0 saturated heterocycles. The fourth-order valence-electron chi connectivity index (χ4n) is 1.68. The van der Waals surface area contributed by atoms with Gasteiger partial charge in [-0.1, -0.05) is 6.92 Å². The van der Waals surface area contributed by atoms with Crippen LogP contribution in [0.4, 0.5) is 11.5 Å². The molecule has 0 saturated carbocycles. The number of hydrogen-bond donors (Lipinski definition) is 1. The number of hydrogen-bond acceptors (Lipinski definition) is 6. The number of ether oxygens (including phenoxy) is 1. The summed E-state index contributed by atoms with van der Waals surface area (Å²) in [5.74, 6) is 1.25. The van der Waals surface area contributed by atoms with Crippen molar-refractivity contribution < 1.29 is 9.66 Å². The highest BCUT2D eigenvalue weighted by atomic mass is 16.6. The molecule has 0 aliphatic heterocycles. The summed E-state index contributed by atoms with van der Waals surface area (Å²) < 4.78 is 5.70. The zero-order valence-corrected chi connectivity index (χ0v) is 13.0. The van der Waals surface area contributed by atoms with Gasteiger partial charge < -0.3 is 4.74 Å². The average molecular weight is 314 g/mol. The van der Waals surface area contributed by atoms with Crippen LogP contribution in [-0.4, -0.2) is 22.2 Å². The molecule has 0 bridgehead atoms. The number of nitrogens with zero attached hydrogens (tertiary/aromatic N) is 3. The summed E-state index contributed by atoms with van der Waals surface area (Å²) in [7, 11) is 0. The Morgan fingerprint density at radius 2 is 2.09 bits per heavy atom. The highest BCUT2D eigenvalue weighted by Crippen LogP contribution is 2.14. The van der Waals surface area contributed by atoms with Gasteiger partial charge in [-0.15, -0.1) is 0 Å². The van der Waals surface area contributed by atoms with Crippen LogP contribution >= 0.6 is 0 Å². The van der Waals surface area contributed by atoms with Crippen LogP contribution < -0.4 is 10.2 Å². The normalized spacial score (nSPS) is 12.1. The second-order valence-corrected chi connectivity index (χ2v) is 4.93. The van der Waals surface area contributed by atoms with E-state index in [0.717, 1.165) is 17.7 Å². The fourth-order valence-corrected chi connectivity index (χ4v) is 1.68. The third kappa shape index (κ3) is 5.06. The van der Waals surface area contributed by atoms with E-state index in [1.165, 1.54) is 18.3 Å². The number of nitro groups is 1. The van der Waals surface area contributed by atoms with Crippen molar-refractivity contribution in [1.29, 1.82) is 0 Å². The van der Waals surface area contributed by atoms with Crippen LogP contribution in [0.5, 0.6) is 5.75 Å². The van der Waals surface area contributed by atoms with Crippen LogP contribution in [0.2, 0.25) is 0 Å². The lowest BCUT2D eigenvalue weighted by molar-refractivity contribution is -0.385. The number of nitrogens with one attached hydrogen (secondary N) is 1. The first kappa shape index (κ1) is 16.4. The first-order valence-corrected chi connectivity index (χ1v) is 7.24. The molecule has 2 rings (SSSR count). The molecule has 120 valence electrons. The van der Waals surface area contributed by atoms with Gasteiger partial charge in [0, 0.05) is 6.07 Å². The predicted molar refractivity (Wildman–Crippen MR) is 88.9 cm³/mol. The monoisotopic (exact) mass is 314 g/mol. The van der Waals surface area contributed by atoms with Crippen molar-refractivity contribution in [3.05, 3.63) is 58.3 Å². The maximum Gasteiger partial charge on any atom is 0.287 e. The van der Waals surface area contributed by atoms with E-state index in [2.05, 4.69) is 22.4 Å². The minimum Gasteiger partial charge on any atom is -0.491 e.